The normalized spacial score (nSPS) is 25.5. The van der Waals surface area contributed by atoms with E-state index in [4.69, 9.17) is 15.1 Å². The molecule has 0 aromatic carbocycles. The SMILES string of the molecule is CNc1nc(N[C@H]2[C@H]3CNC[C@]32C2CC2)nn2ccc(-c3ccc4nc(C)n(CC(F)F)c4n3)c12. The monoisotopic (exact) mass is 479 g/mol. The van der Waals surface area contributed by atoms with Crippen molar-refractivity contribution in [1.29, 1.82) is 0 Å². The largest absolute Gasteiger partial charge is 0.371 e. The van der Waals surface area contributed by atoms with Gasteiger partial charge in [-0.25, -0.2) is 23.3 Å². The van der Waals surface area contributed by atoms with Gasteiger partial charge < -0.3 is 20.5 Å². The van der Waals surface area contributed by atoms with Crippen molar-refractivity contribution in [2.24, 2.45) is 17.3 Å². The van der Waals surface area contributed by atoms with E-state index in [0.29, 0.717) is 51.8 Å². The maximum atomic E-state index is 13.2. The molecular formula is C24H27F2N9. The van der Waals surface area contributed by atoms with Crippen LogP contribution in [0.4, 0.5) is 20.5 Å². The summed E-state index contributed by atoms with van der Waals surface area (Å²) in [6, 6.07) is 6.03. The van der Waals surface area contributed by atoms with Crippen LogP contribution < -0.4 is 16.0 Å². The fourth-order valence-corrected chi connectivity index (χ4v) is 6.32. The molecule has 0 radical (unpaired) electrons. The van der Waals surface area contributed by atoms with Gasteiger partial charge in [0.05, 0.1) is 12.2 Å². The number of piperidine rings is 1. The van der Waals surface area contributed by atoms with Gasteiger partial charge in [0.1, 0.15) is 16.9 Å². The van der Waals surface area contributed by atoms with Gasteiger partial charge in [0.25, 0.3) is 6.43 Å². The van der Waals surface area contributed by atoms with Crippen molar-refractivity contribution >= 4 is 28.4 Å². The van der Waals surface area contributed by atoms with Gasteiger partial charge in [-0.2, -0.15) is 4.98 Å². The molecule has 3 fully saturated rings. The van der Waals surface area contributed by atoms with Gasteiger partial charge in [-0.3, -0.25) is 0 Å². The summed E-state index contributed by atoms with van der Waals surface area (Å²) in [7, 11) is 1.84. The van der Waals surface area contributed by atoms with Crippen molar-refractivity contribution in [3.8, 4) is 11.3 Å². The van der Waals surface area contributed by atoms with E-state index in [0.717, 1.165) is 30.1 Å². The van der Waals surface area contributed by atoms with Gasteiger partial charge in [-0.1, -0.05) is 0 Å². The number of hydrogen-bond donors (Lipinski definition) is 3. The van der Waals surface area contributed by atoms with Crippen LogP contribution in [0.15, 0.2) is 24.4 Å². The predicted molar refractivity (Wildman–Crippen MR) is 129 cm³/mol. The molecule has 0 bridgehead atoms. The zero-order valence-electron chi connectivity index (χ0n) is 19.6. The summed E-state index contributed by atoms with van der Waals surface area (Å²) in [6.45, 7) is 3.41. The number of pyridine rings is 1. The minimum Gasteiger partial charge on any atom is -0.371 e. The molecule has 9 nitrogen and oxygen atoms in total. The Kier molecular flexibility index (Phi) is 4.39. The summed E-state index contributed by atoms with van der Waals surface area (Å²) >= 11 is 0. The van der Waals surface area contributed by atoms with E-state index in [-0.39, 0.29) is 0 Å². The molecule has 1 saturated heterocycles. The molecule has 2 aliphatic carbocycles. The zero-order valence-corrected chi connectivity index (χ0v) is 19.6. The van der Waals surface area contributed by atoms with Crippen LogP contribution in [0, 0.1) is 24.2 Å². The second-order valence-corrected chi connectivity index (χ2v) is 10.0. The number of imidazole rings is 1. The summed E-state index contributed by atoms with van der Waals surface area (Å²) < 4.78 is 29.6. The van der Waals surface area contributed by atoms with Crippen LogP contribution in [-0.2, 0) is 6.54 Å². The van der Waals surface area contributed by atoms with Crippen molar-refractivity contribution in [1.82, 2.24) is 34.4 Å². The number of nitrogens with zero attached hydrogens (tertiary/aromatic N) is 6. The smallest absolute Gasteiger partial charge is 0.256 e. The van der Waals surface area contributed by atoms with Gasteiger partial charge >= 0.3 is 0 Å². The highest BCUT2D eigenvalue weighted by atomic mass is 19.3. The van der Waals surface area contributed by atoms with Gasteiger partial charge in [0, 0.05) is 49.3 Å². The lowest BCUT2D eigenvalue weighted by Crippen LogP contribution is -2.28. The maximum absolute atomic E-state index is 13.2. The van der Waals surface area contributed by atoms with Gasteiger partial charge in [0.2, 0.25) is 5.95 Å². The van der Waals surface area contributed by atoms with Crippen LogP contribution in [0.1, 0.15) is 18.7 Å². The van der Waals surface area contributed by atoms with Crippen LogP contribution in [0.2, 0.25) is 0 Å². The molecule has 4 aromatic rings. The number of aryl methyl sites for hydroxylation is 1. The Morgan fingerprint density at radius 1 is 1.20 bits per heavy atom. The van der Waals surface area contributed by atoms with Crippen LogP contribution in [0.25, 0.3) is 27.9 Å². The van der Waals surface area contributed by atoms with Crippen molar-refractivity contribution in [3.63, 3.8) is 0 Å². The Labute approximate surface area is 200 Å². The molecule has 1 aliphatic heterocycles. The van der Waals surface area contributed by atoms with E-state index >= 15 is 0 Å². The second kappa shape index (κ2) is 7.33. The van der Waals surface area contributed by atoms with Gasteiger partial charge in [-0.15, -0.1) is 5.10 Å². The third-order valence-electron chi connectivity index (χ3n) is 8.11. The Hall–Kier alpha value is -3.34. The third-order valence-corrected chi connectivity index (χ3v) is 8.11. The number of aromatic nitrogens is 6. The highest BCUT2D eigenvalue weighted by molar-refractivity contribution is 5.89. The van der Waals surface area contributed by atoms with Crippen LogP contribution in [0.3, 0.4) is 0 Å². The molecule has 3 atom stereocenters. The van der Waals surface area contributed by atoms with Crippen LogP contribution >= 0.6 is 0 Å². The molecule has 7 rings (SSSR count). The van der Waals surface area contributed by atoms with Crippen LogP contribution in [-0.4, -0.2) is 61.7 Å². The van der Waals surface area contributed by atoms with Crippen molar-refractivity contribution in [3.05, 3.63) is 30.2 Å². The van der Waals surface area contributed by atoms with E-state index < -0.39 is 13.0 Å². The van der Waals surface area contributed by atoms with Gasteiger partial charge in [-0.05, 0) is 43.9 Å². The van der Waals surface area contributed by atoms with E-state index in [1.807, 2.05) is 36.0 Å². The first-order chi connectivity index (χ1) is 17.0. The number of fused-ring (bicyclic) bond motifs is 3. The molecule has 11 heteroatoms. The molecule has 3 aliphatic rings. The van der Waals surface area contributed by atoms with Crippen molar-refractivity contribution in [2.75, 3.05) is 30.8 Å². The standard InChI is InChI=1S/C24H27F2N9/c1-12-29-17-6-5-16(30-22(17)34(12)10-18(25)26)14-7-8-35-19(14)21(27-2)32-23(33-35)31-20-15-9-28-11-24(15,20)13-3-4-13/h5-8,13,15,18,20,28H,3-4,9-11H2,1-2H3,(H2,27,31,32,33)/t15-,20+,24+/m1/s1. The van der Waals surface area contributed by atoms with Crippen molar-refractivity contribution in [2.45, 2.75) is 38.8 Å². The molecule has 3 N–H and O–H groups in total. The molecule has 182 valence electrons. The molecule has 0 unspecified atom stereocenters. The van der Waals surface area contributed by atoms with E-state index in [1.54, 1.807) is 6.92 Å². The average molecular weight is 480 g/mol. The Morgan fingerprint density at radius 2 is 2.06 bits per heavy atom. The third kappa shape index (κ3) is 3.06. The number of alkyl halides is 2. The molecule has 35 heavy (non-hydrogen) atoms. The van der Waals surface area contributed by atoms with Crippen molar-refractivity contribution < 1.29 is 8.78 Å². The average Bonchev–Trinajstić information content (AvgIpc) is 3.63. The maximum Gasteiger partial charge on any atom is 0.256 e. The zero-order chi connectivity index (χ0) is 23.9. The number of halogens is 2. The summed E-state index contributed by atoms with van der Waals surface area (Å²) in [4.78, 5) is 13.9. The Morgan fingerprint density at radius 3 is 2.83 bits per heavy atom. The molecule has 4 aromatic heterocycles. The predicted octanol–water partition coefficient (Wildman–Crippen LogP) is 3.17. The Balaban J connectivity index is 1.26. The second-order valence-electron chi connectivity index (χ2n) is 10.0. The first-order valence-corrected chi connectivity index (χ1v) is 12.2. The van der Waals surface area contributed by atoms with Gasteiger partial charge in [0.15, 0.2) is 11.5 Å². The molecule has 0 spiro atoms. The number of nitrogens with one attached hydrogen (secondary N) is 3. The molecule has 2 saturated carbocycles. The lowest BCUT2D eigenvalue weighted by molar-refractivity contribution is 0.127. The highest BCUT2D eigenvalue weighted by Gasteiger charge is 2.72. The minimum absolute atomic E-state index is 0.360. The number of anilines is 2. The summed E-state index contributed by atoms with van der Waals surface area (Å²) in [5, 5.41) is 15.1. The fraction of sp³-hybridized carbons (Fsp3) is 0.500. The van der Waals surface area contributed by atoms with Crippen LogP contribution in [0.5, 0.6) is 0 Å². The van der Waals surface area contributed by atoms with E-state index in [1.165, 1.54) is 17.4 Å². The number of hydrogen-bond acceptors (Lipinski definition) is 7. The Bertz CT molecular complexity index is 1460. The summed E-state index contributed by atoms with van der Waals surface area (Å²) in [5.74, 6) is 3.27. The first-order valence-electron chi connectivity index (χ1n) is 12.2. The fourth-order valence-electron chi connectivity index (χ4n) is 6.32. The molecular weight excluding hydrogens is 452 g/mol. The lowest BCUT2D eigenvalue weighted by Gasteiger charge is -2.16. The quantitative estimate of drug-likeness (QED) is 0.375. The van der Waals surface area contributed by atoms with E-state index in [9.17, 15) is 8.78 Å². The first kappa shape index (κ1) is 21.0. The number of rotatable bonds is 7. The lowest BCUT2D eigenvalue weighted by atomic mass is 9.99. The molecule has 5 heterocycles. The summed E-state index contributed by atoms with van der Waals surface area (Å²) in [6.07, 6.45) is 2.05. The van der Waals surface area contributed by atoms with E-state index in [2.05, 4.69) is 20.9 Å². The minimum atomic E-state index is -2.48. The highest BCUT2D eigenvalue weighted by Crippen LogP contribution is 2.67. The summed E-state index contributed by atoms with van der Waals surface area (Å²) in [5.41, 5.74) is 3.68. The topological polar surface area (TPSA) is 97.0 Å². The molecule has 0 amide bonds.